The summed E-state index contributed by atoms with van der Waals surface area (Å²) in [6.07, 6.45) is 5.47. The van der Waals surface area contributed by atoms with E-state index in [1.807, 2.05) is 6.07 Å². The predicted molar refractivity (Wildman–Crippen MR) is 98.0 cm³/mol. The average Bonchev–Trinajstić information content (AvgIpc) is 3.37. The van der Waals surface area contributed by atoms with Gasteiger partial charge in [-0.3, -0.25) is 0 Å². The maximum absolute atomic E-state index is 13.2. The van der Waals surface area contributed by atoms with Gasteiger partial charge in [-0.2, -0.15) is 0 Å². The van der Waals surface area contributed by atoms with E-state index in [-0.39, 0.29) is 10.9 Å². The van der Waals surface area contributed by atoms with Gasteiger partial charge in [0.15, 0.2) is 0 Å². The Bertz CT molecular complexity index is 746. The SMILES string of the molecule is CN([O-])c1ccc(C2CC2)c(S(=O)(=O)N[C@H]2CNCCC3CCC32)c1. The fourth-order valence-corrected chi connectivity index (χ4v) is 5.86. The Labute approximate surface area is 149 Å². The number of hydroxylamine groups is 1. The minimum absolute atomic E-state index is 0.0630. The van der Waals surface area contributed by atoms with E-state index in [1.54, 1.807) is 6.07 Å². The quantitative estimate of drug-likeness (QED) is 0.782. The molecule has 25 heavy (non-hydrogen) atoms. The first-order chi connectivity index (χ1) is 12.0. The van der Waals surface area contributed by atoms with Gasteiger partial charge in [-0.1, -0.05) is 6.07 Å². The molecule has 4 rings (SSSR count). The van der Waals surface area contributed by atoms with Crippen molar-refractivity contribution in [2.24, 2.45) is 11.8 Å². The minimum Gasteiger partial charge on any atom is -0.758 e. The molecule has 7 heteroatoms. The number of hydrogen-bond acceptors (Lipinski definition) is 5. The number of rotatable bonds is 5. The molecule has 1 aromatic carbocycles. The van der Waals surface area contributed by atoms with Crippen LogP contribution in [-0.4, -0.2) is 34.6 Å². The van der Waals surface area contributed by atoms with E-state index in [2.05, 4.69) is 10.0 Å². The summed E-state index contributed by atoms with van der Waals surface area (Å²) in [6.45, 7) is 1.64. The molecule has 3 atom stereocenters. The van der Waals surface area contributed by atoms with Crippen molar-refractivity contribution in [3.05, 3.63) is 29.0 Å². The van der Waals surface area contributed by atoms with Gasteiger partial charge in [0.2, 0.25) is 10.0 Å². The lowest BCUT2D eigenvalue weighted by molar-refractivity contribution is 0.144. The Kier molecular flexibility index (Phi) is 4.52. The Morgan fingerprint density at radius 1 is 1.20 bits per heavy atom. The number of anilines is 1. The molecule has 1 saturated heterocycles. The highest BCUT2D eigenvalue weighted by Crippen LogP contribution is 2.44. The molecule has 1 aliphatic heterocycles. The number of sulfonamides is 1. The molecule has 1 heterocycles. The minimum atomic E-state index is -3.65. The van der Waals surface area contributed by atoms with Gasteiger partial charge in [0.25, 0.3) is 0 Å². The van der Waals surface area contributed by atoms with Crippen molar-refractivity contribution in [1.29, 1.82) is 0 Å². The van der Waals surface area contributed by atoms with Crippen LogP contribution in [0.2, 0.25) is 0 Å². The van der Waals surface area contributed by atoms with Crippen LogP contribution in [-0.2, 0) is 10.0 Å². The summed E-state index contributed by atoms with van der Waals surface area (Å²) in [6, 6.07) is 5.00. The number of benzene rings is 1. The Morgan fingerprint density at radius 2 is 2.00 bits per heavy atom. The fourth-order valence-electron chi connectivity index (χ4n) is 4.25. The topological polar surface area (TPSA) is 84.5 Å². The zero-order valence-electron chi connectivity index (χ0n) is 14.6. The van der Waals surface area contributed by atoms with E-state index in [1.165, 1.54) is 19.5 Å². The van der Waals surface area contributed by atoms with Crippen molar-refractivity contribution in [2.45, 2.75) is 49.0 Å². The number of nitrogens with one attached hydrogen (secondary N) is 2. The van der Waals surface area contributed by atoms with Crippen LogP contribution in [0.1, 0.15) is 43.6 Å². The highest BCUT2D eigenvalue weighted by Gasteiger charge is 2.40. The van der Waals surface area contributed by atoms with Gasteiger partial charge >= 0.3 is 0 Å². The lowest BCUT2D eigenvalue weighted by Crippen LogP contribution is -2.49. The van der Waals surface area contributed by atoms with Crippen molar-refractivity contribution < 1.29 is 8.42 Å². The second-order valence-corrected chi connectivity index (χ2v) is 9.40. The summed E-state index contributed by atoms with van der Waals surface area (Å²) in [5.41, 5.74) is 1.23. The molecule has 2 aliphatic carbocycles. The zero-order chi connectivity index (χ0) is 17.6. The maximum Gasteiger partial charge on any atom is 0.241 e. The van der Waals surface area contributed by atoms with Crippen LogP contribution in [0.4, 0.5) is 5.69 Å². The van der Waals surface area contributed by atoms with E-state index >= 15 is 0 Å². The van der Waals surface area contributed by atoms with Gasteiger partial charge in [0.05, 0.1) is 4.90 Å². The molecular weight excluding hydrogens is 338 g/mol. The average molecular weight is 364 g/mol. The van der Waals surface area contributed by atoms with Gasteiger partial charge in [0, 0.05) is 18.3 Å². The molecule has 0 spiro atoms. The molecule has 2 unspecified atom stereocenters. The van der Waals surface area contributed by atoms with Crippen LogP contribution in [0.5, 0.6) is 0 Å². The molecule has 138 valence electrons. The van der Waals surface area contributed by atoms with Crippen LogP contribution < -0.4 is 15.1 Å². The molecule has 0 radical (unpaired) electrons. The number of fused-ring (bicyclic) bond motifs is 1. The Hall–Kier alpha value is -1.15. The molecule has 2 saturated carbocycles. The molecular formula is C18H26N3O3S-. The van der Waals surface area contributed by atoms with Crippen LogP contribution in [0.3, 0.4) is 0 Å². The van der Waals surface area contributed by atoms with Crippen LogP contribution in [0, 0.1) is 17.0 Å². The van der Waals surface area contributed by atoms with Gasteiger partial charge < -0.3 is 15.6 Å². The third-order valence-corrected chi connectivity index (χ3v) is 7.57. The zero-order valence-corrected chi connectivity index (χ0v) is 15.4. The highest BCUT2D eigenvalue weighted by molar-refractivity contribution is 7.89. The third-order valence-electron chi connectivity index (χ3n) is 6.02. The molecule has 3 aliphatic rings. The van der Waals surface area contributed by atoms with E-state index in [4.69, 9.17) is 0 Å². The Balaban J connectivity index is 1.63. The molecule has 2 N–H and O–H groups in total. The normalized spacial score (nSPS) is 29.4. The second kappa shape index (κ2) is 6.54. The fraction of sp³-hybridized carbons (Fsp3) is 0.667. The largest absolute Gasteiger partial charge is 0.758 e. The molecule has 6 nitrogen and oxygen atoms in total. The van der Waals surface area contributed by atoms with E-state index in [9.17, 15) is 13.6 Å². The van der Waals surface area contributed by atoms with Crippen molar-refractivity contribution in [3.63, 3.8) is 0 Å². The van der Waals surface area contributed by atoms with Crippen LogP contribution in [0.25, 0.3) is 0 Å². The van der Waals surface area contributed by atoms with Crippen molar-refractivity contribution in [2.75, 3.05) is 25.2 Å². The van der Waals surface area contributed by atoms with Crippen molar-refractivity contribution in [3.8, 4) is 0 Å². The van der Waals surface area contributed by atoms with E-state index < -0.39 is 10.0 Å². The smallest absolute Gasteiger partial charge is 0.241 e. The molecule has 1 aromatic rings. The molecule has 3 fully saturated rings. The first kappa shape index (κ1) is 17.3. The number of nitrogens with zero attached hydrogens (tertiary/aromatic N) is 1. The molecule has 0 aromatic heterocycles. The third kappa shape index (κ3) is 3.43. The standard InChI is InChI=1S/C18H26N3O3S/c1-21(22)14-5-7-16(12-2-3-12)18(10-14)25(23,24)20-17-11-19-9-8-13-4-6-15(13)17/h5,7,10,12-13,15,17,19-20H,2-4,6,8-9,11H2,1H3/q-1/t13?,15?,17-/m0/s1. The molecule has 0 amide bonds. The van der Waals surface area contributed by atoms with Gasteiger partial charge in [-0.25, -0.2) is 13.1 Å². The van der Waals surface area contributed by atoms with Crippen LogP contribution in [0.15, 0.2) is 23.1 Å². The van der Waals surface area contributed by atoms with Gasteiger partial charge in [-0.15, -0.1) is 0 Å². The highest BCUT2D eigenvalue weighted by atomic mass is 32.2. The summed E-state index contributed by atoms with van der Waals surface area (Å²) in [5, 5.41) is 15.7. The first-order valence-electron chi connectivity index (χ1n) is 9.23. The maximum atomic E-state index is 13.2. The predicted octanol–water partition coefficient (Wildman–Crippen LogP) is 2.16. The lowest BCUT2D eigenvalue weighted by atomic mass is 9.69. The van der Waals surface area contributed by atoms with E-state index in [0.717, 1.165) is 37.8 Å². The van der Waals surface area contributed by atoms with E-state index in [0.29, 0.717) is 35.0 Å². The number of hydrogen-bond donors (Lipinski definition) is 2. The summed E-state index contributed by atoms with van der Waals surface area (Å²) in [7, 11) is -2.25. The Morgan fingerprint density at radius 3 is 2.64 bits per heavy atom. The molecule has 0 bridgehead atoms. The summed E-state index contributed by atoms with van der Waals surface area (Å²) < 4.78 is 29.3. The van der Waals surface area contributed by atoms with Crippen molar-refractivity contribution in [1.82, 2.24) is 10.0 Å². The van der Waals surface area contributed by atoms with Crippen molar-refractivity contribution >= 4 is 15.7 Å². The summed E-state index contributed by atoms with van der Waals surface area (Å²) in [4.78, 5) is 0.287. The second-order valence-electron chi connectivity index (χ2n) is 7.72. The lowest BCUT2D eigenvalue weighted by Gasteiger charge is -2.40. The van der Waals surface area contributed by atoms with Crippen LogP contribution >= 0.6 is 0 Å². The van der Waals surface area contributed by atoms with Gasteiger partial charge in [-0.05, 0) is 81.1 Å². The monoisotopic (exact) mass is 364 g/mol. The summed E-state index contributed by atoms with van der Waals surface area (Å²) in [5.74, 6) is 1.37. The van der Waals surface area contributed by atoms with Gasteiger partial charge in [0.1, 0.15) is 0 Å². The first-order valence-corrected chi connectivity index (χ1v) is 10.7. The summed E-state index contributed by atoms with van der Waals surface area (Å²) >= 11 is 0.